The minimum atomic E-state index is 0.655. The molecule has 0 radical (unpaired) electrons. The van der Waals surface area contributed by atoms with Crippen LogP contribution in [0.3, 0.4) is 0 Å². The lowest BCUT2D eigenvalue weighted by Crippen LogP contribution is -1.99. The van der Waals surface area contributed by atoms with E-state index in [0.29, 0.717) is 5.92 Å². The Kier molecular flexibility index (Phi) is 5.57. The first-order valence-electron chi connectivity index (χ1n) is 6.50. The Hall–Kier alpha value is -1.63. The Morgan fingerprint density at radius 2 is 1.89 bits per heavy atom. The van der Waals surface area contributed by atoms with E-state index in [1.165, 1.54) is 16.5 Å². The van der Waals surface area contributed by atoms with E-state index in [0.717, 1.165) is 12.1 Å². The Bertz CT molecular complexity index is 512. The molecule has 2 aromatic rings. The summed E-state index contributed by atoms with van der Waals surface area (Å²) in [6.07, 6.45) is 2.81. The lowest BCUT2D eigenvalue weighted by atomic mass is 10.0. The van der Waals surface area contributed by atoms with Gasteiger partial charge in [-0.25, -0.2) is 0 Å². The second-order valence-corrected chi connectivity index (χ2v) is 4.94. The van der Waals surface area contributed by atoms with Crippen molar-refractivity contribution in [2.24, 2.45) is 5.92 Å². The molecule has 0 aliphatic heterocycles. The van der Waals surface area contributed by atoms with Gasteiger partial charge >= 0.3 is 0 Å². The van der Waals surface area contributed by atoms with Gasteiger partial charge in [-0.15, -0.1) is 6.58 Å². The molecule has 0 bridgehead atoms. The molecule has 1 heterocycles. The maximum absolute atomic E-state index is 4.64. The number of aromatic nitrogens is 1. The first kappa shape index (κ1) is 14.4. The van der Waals surface area contributed by atoms with Crippen molar-refractivity contribution in [3.8, 4) is 0 Å². The summed E-state index contributed by atoms with van der Waals surface area (Å²) in [5, 5.41) is 2.61. The van der Waals surface area contributed by atoms with Crippen LogP contribution in [0.1, 0.15) is 32.2 Å². The highest BCUT2D eigenvalue weighted by molar-refractivity contribution is 5.84. The molecule has 0 unspecified atom stereocenters. The molecule has 0 aliphatic rings. The van der Waals surface area contributed by atoms with Crippen LogP contribution in [0.2, 0.25) is 0 Å². The van der Waals surface area contributed by atoms with Crippen molar-refractivity contribution in [1.82, 2.24) is 4.98 Å². The molecule has 1 heteroatoms. The van der Waals surface area contributed by atoms with E-state index in [4.69, 9.17) is 0 Å². The summed E-state index contributed by atoms with van der Waals surface area (Å²) in [5.74, 6) is 0.655. The SMILES string of the molecule is C=CC.Cc1cc2ccccc2c(CC(C)C)n1. The fourth-order valence-electron chi connectivity index (χ4n) is 1.96. The summed E-state index contributed by atoms with van der Waals surface area (Å²) < 4.78 is 0. The number of nitrogens with zero attached hydrogens (tertiary/aromatic N) is 1. The zero-order chi connectivity index (χ0) is 13.5. The van der Waals surface area contributed by atoms with E-state index in [9.17, 15) is 0 Å². The highest BCUT2D eigenvalue weighted by atomic mass is 14.7. The van der Waals surface area contributed by atoms with Crippen LogP contribution in [-0.4, -0.2) is 4.98 Å². The second-order valence-electron chi connectivity index (χ2n) is 4.94. The van der Waals surface area contributed by atoms with Crippen molar-refractivity contribution in [1.29, 1.82) is 0 Å². The monoisotopic (exact) mass is 241 g/mol. The van der Waals surface area contributed by atoms with Gasteiger partial charge in [-0.2, -0.15) is 0 Å². The highest BCUT2D eigenvalue weighted by Crippen LogP contribution is 2.20. The van der Waals surface area contributed by atoms with Crippen molar-refractivity contribution in [2.45, 2.75) is 34.1 Å². The number of allylic oxidation sites excluding steroid dienone is 1. The summed E-state index contributed by atoms with van der Waals surface area (Å²) in [5.41, 5.74) is 2.35. The smallest absolute Gasteiger partial charge is 0.0487 e. The molecule has 96 valence electrons. The van der Waals surface area contributed by atoms with Crippen molar-refractivity contribution in [3.63, 3.8) is 0 Å². The van der Waals surface area contributed by atoms with Crippen LogP contribution in [0, 0.1) is 12.8 Å². The molecule has 1 nitrogen and oxygen atoms in total. The minimum absolute atomic E-state index is 0.655. The summed E-state index contributed by atoms with van der Waals surface area (Å²) in [6, 6.07) is 10.6. The Balaban J connectivity index is 0.000000492. The van der Waals surface area contributed by atoms with Crippen LogP contribution in [-0.2, 0) is 6.42 Å². The van der Waals surface area contributed by atoms with Gasteiger partial charge < -0.3 is 0 Å². The van der Waals surface area contributed by atoms with Gasteiger partial charge in [-0.1, -0.05) is 44.2 Å². The summed E-state index contributed by atoms with van der Waals surface area (Å²) in [6.45, 7) is 11.8. The Labute approximate surface area is 111 Å². The molecule has 0 saturated carbocycles. The van der Waals surface area contributed by atoms with Crippen LogP contribution >= 0.6 is 0 Å². The molecule has 0 N–H and O–H groups in total. The van der Waals surface area contributed by atoms with Gasteiger partial charge in [0.25, 0.3) is 0 Å². The van der Waals surface area contributed by atoms with Crippen LogP contribution < -0.4 is 0 Å². The van der Waals surface area contributed by atoms with Gasteiger partial charge in [-0.05, 0) is 37.6 Å². The van der Waals surface area contributed by atoms with Crippen LogP contribution in [0.5, 0.6) is 0 Å². The number of hydrogen-bond donors (Lipinski definition) is 0. The fourth-order valence-corrected chi connectivity index (χ4v) is 1.96. The largest absolute Gasteiger partial charge is 0.258 e. The predicted molar refractivity (Wildman–Crippen MR) is 80.9 cm³/mol. The maximum atomic E-state index is 4.64. The van der Waals surface area contributed by atoms with Gasteiger partial charge in [-0.3, -0.25) is 4.98 Å². The third kappa shape index (κ3) is 3.99. The molecule has 18 heavy (non-hydrogen) atoms. The van der Waals surface area contributed by atoms with Gasteiger partial charge in [0.05, 0.1) is 0 Å². The normalized spacial score (nSPS) is 10.1. The molecular weight excluding hydrogens is 218 g/mol. The van der Waals surface area contributed by atoms with E-state index in [-0.39, 0.29) is 0 Å². The lowest BCUT2D eigenvalue weighted by molar-refractivity contribution is 0.638. The minimum Gasteiger partial charge on any atom is -0.258 e. The average Bonchev–Trinajstić information content (AvgIpc) is 2.29. The van der Waals surface area contributed by atoms with Gasteiger partial charge in [0.1, 0.15) is 0 Å². The predicted octanol–water partition coefficient (Wildman–Crippen LogP) is 4.93. The van der Waals surface area contributed by atoms with E-state index in [1.807, 2.05) is 6.92 Å². The van der Waals surface area contributed by atoms with E-state index < -0.39 is 0 Å². The quantitative estimate of drug-likeness (QED) is 0.679. The number of aryl methyl sites for hydroxylation is 1. The number of rotatable bonds is 2. The molecule has 0 saturated heterocycles. The van der Waals surface area contributed by atoms with E-state index >= 15 is 0 Å². The zero-order valence-corrected chi connectivity index (χ0v) is 11.9. The fraction of sp³-hybridized carbons (Fsp3) is 0.353. The molecule has 0 atom stereocenters. The molecule has 0 amide bonds. The Morgan fingerprint density at radius 1 is 1.28 bits per heavy atom. The van der Waals surface area contributed by atoms with Crippen LogP contribution in [0.4, 0.5) is 0 Å². The summed E-state index contributed by atoms with van der Waals surface area (Å²) in [4.78, 5) is 4.64. The number of benzene rings is 1. The van der Waals surface area contributed by atoms with Gasteiger partial charge in [0.2, 0.25) is 0 Å². The number of pyridine rings is 1. The van der Waals surface area contributed by atoms with Crippen molar-refractivity contribution >= 4 is 10.8 Å². The van der Waals surface area contributed by atoms with Crippen molar-refractivity contribution in [3.05, 3.63) is 54.4 Å². The lowest BCUT2D eigenvalue weighted by Gasteiger charge is -2.09. The maximum Gasteiger partial charge on any atom is 0.0487 e. The molecule has 1 aromatic carbocycles. The molecule has 1 aromatic heterocycles. The molecular formula is C17H23N. The third-order valence-corrected chi connectivity index (χ3v) is 2.55. The number of fused-ring (bicyclic) bond motifs is 1. The second kappa shape index (κ2) is 6.95. The first-order chi connectivity index (χ1) is 8.58. The third-order valence-electron chi connectivity index (χ3n) is 2.55. The van der Waals surface area contributed by atoms with E-state index in [2.05, 4.69) is 62.7 Å². The van der Waals surface area contributed by atoms with Crippen LogP contribution in [0.25, 0.3) is 10.8 Å². The topological polar surface area (TPSA) is 12.9 Å². The van der Waals surface area contributed by atoms with Gasteiger partial charge in [0.15, 0.2) is 0 Å². The average molecular weight is 241 g/mol. The summed E-state index contributed by atoms with van der Waals surface area (Å²) in [7, 11) is 0. The van der Waals surface area contributed by atoms with E-state index in [1.54, 1.807) is 6.08 Å². The Morgan fingerprint density at radius 3 is 2.50 bits per heavy atom. The van der Waals surface area contributed by atoms with Crippen LogP contribution in [0.15, 0.2) is 43.0 Å². The summed E-state index contributed by atoms with van der Waals surface area (Å²) >= 11 is 0. The first-order valence-corrected chi connectivity index (χ1v) is 6.50. The molecule has 0 fully saturated rings. The standard InChI is InChI=1S/C14H17N.C3H6/c1-10(2)8-14-13-7-5-4-6-12(13)9-11(3)15-14;1-3-2/h4-7,9-10H,8H2,1-3H3;3H,1H2,2H3. The number of hydrogen-bond acceptors (Lipinski definition) is 1. The zero-order valence-electron chi connectivity index (χ0n) is 11.9. The highest BCUT2D eigenvalue weighted by Gasteiger charge is 2.05. The van der Waals surface area contributed by atoms with Crippen molar-refractivity contribution in [2.75, 3.05) is 0 Å². The van der Waals surface area contributed by atoms with Gasteiger partial charge in [0, 0.05) is 16.8 Å². The molecule has 0 spiro atoms. The molecule has 2 rings (SSSR count). The van der Waals surface area contributed by atoms with Crippen molar-refractivity contribution < 1.29 is 0 Å². The molecule has 0 aliphatic carbocycles.